The van der Waals surface area contributed by atoms with Crippen LogP contribution in [-0.2, 0) is 14.4 Å². The molecule has 2 unspecified atom stereocenters. The zero-order valence-electron chi connectivity index (χ0n) is 13.8. The van der Waals surface area contributed by atoms with Crippen LogP contribution in [0, 0.1) is 5.92 Å². The summed E-state index contributed by atoms with van der Waals surface area (Å²) in [4.78, 5) is 38.5. The maximum atomic E-state index is 14.1. The van der Waals surface area contributed by atoms with Gasteiger partial charge in [0.25, 0.3) is 0 Å². The average Bonchev–Trinajstić information content (AvgIpc) is 3.19. The molecule has 2 aliphatic heterocycles. The second-order valence-corrected chi connectivity index (χ2v) is 6.38. The number of rotatable bonds is 4. The van der Waals surface area contributed by atoms with Gasteiger partial charge < -0.3 is 19.6 Å². The maximum Gasteiger partial charge on any atom is 0.343 e. The van der Waals surface area contributed by atoms with E-state index in [0.717, 1.165) is 0 Å². The highest BCUT2D eigenvalue weighted by molar-refractivity contribution is 6.00. The summed E-state index contributed by atoms with van der Waals surface area (Å²) in [6.45, 7) is -0.212. The molecule has 0 saturated carbocycles. The number of halogens is 1. The lowest BCUT2D eigenvalue weighted by Gasteiger charge is -2.21. The van der Waals surface area contributed by atoms with Crippen LogP contribution in [0.3, 0.4) is 0 Å². The predicted octanol–water partition coefficient (Wildman–Crippen LogP) is 1.07. The fourth-order valence-electron chi connectivity index (χ4n) is 3.28. The number of carboxylic acid groups (broad SMARTS) is 1. The molecule has 7 nitrogen and oxygen atoms in total. The van der Waals surface area contributed by atoms with Crippen molar-refractivity contribution >= 4 is 23.5 Å². The van der Waals surface area contributed by atoms with Gasteiger partial charge in [-0.1, -0.05) is 0 Å². The Morgan fingerprint density at radius 3 is 2.56 bits per heavy atom. The Balaban J connectivity index is 1.68. The number of hydrogen-bond donors (Lipinski definition) is 1. The highest BCUT2D eigenvalue weighted by Crippen LogP contribution is 2.31. The van der Waals surface area contributed by atoms with Crippen LogP contribution in [0.2, 0.25) is 0 Å². The number of methoxy groups -OCH3 is 1. The van der Waals surface area contributed by atoms with Crippen molar-refractivity contribution in [2.75, 3.05) is 31.6 Å². The Morgan fingerprint density at radius 2 is 2.00 bits per heavy atom. The molecule has 2 saturated heterocycles. The van der Waals surface area contributed by atoms with Gasteiger partial charge in [0.2, 0.25) is 17.5 Å². The number of hydrogen-bond acceptors (Lipinski definition) is 4. The molecule has 2 aliphatic rings. The van der Waals surface area contributed by atoms with Gasteiger partial charge in [-0.15, -0.1) is 0 Å². The van der Waals surface area contributed by atoms with Crippen LogP contribution in [0.15, 0.2) is 24.3 Å². The molecular weight excluding hydrogens is 331 g/mol. The number of benzene rings is 1. The van der Waals surface area contributed by atoms with E-state index in [1.54, 1.807) is 31.4 Å². The Morgan fingerprint density at radius 1 is 1.32 bits per heavy atom. The quantitative estimate of drug-likeness (QED) is 0.878. The minimum atomic E-state index is -2.39. The number of carboxylic acids is 1. The Bertz CT molecular complexity index is 707. The number of aliphatic carboxylic acids is 1. The molecular formula is C17H19FN2O5. The van der Waals surface area contributed by atoms with E-state index < -0.39 is 24.1 Å². The van der Waals surface area contributed by atoms with Crippen molar-refractivity contribution in [3.05, 3.63) is 24.3 Å². The van der Waals surface area contributed by atoms with Gasteiger partial charge in [0, 0.05) is 31.6 Å². The molecule has 3 rings (SSSR count). The smallest absolute Gasteiger partial charge is 0.343 e. The summed E-state index contributed by atoms with van der Waals surface area (Å²) >= 11 is 0. The first-order valence-electron chi connectivity index (χ1n) is 7.99. The monoisotopic (exact) mass is 350 g/mol. The number of alkyl halides is 1. The number of amides is 2. The van der Waals surface area contributed by atoms with E-state index in [4.69, 9.17) is 9.84 Å². The van der Waals surface area contributed by atoms with Crippen molar-refractivity contribution < 1.29 is 28.6 Å². The number of nitrogens with zero attached hydrogens (tertiary/aromatic N) is 2. The molecule has 2 amide bonds. The van der Waals surface area contributed by atoms with Crippen molar-refractivity contribution in [1.29, 1.82) is 0 Å². The van der Waals surface area contributed by atoms with Crippen molar-refractivity contribution in [1.82, 2.24) is 4.90 Å². The first-order chi connectivity index (χ1) is 11.8. The second-order valence-electron chi connectivity index (χ2n) is 6.38. The van der Waals surface area contributed by atoms with Crippen LogP contribution >= 0.6 is 0 Å². The third-order valence-corrected chi connectivity index (χ3v) is 4.77. The molecule has 134 valence electrons. The van der Waals surface area contributed by atoms with Crippen molar-refractivity contribution in [3.8, 4) is 5.75 Å². The highest BCUT2D eigenvalue weighted by Gasteiger charge is 2.49. The third-order valence-electron chi connectivity index (χ3n) is 4.77. The van der Waals surface area contributed by atoms with Crippen LogP contribution in [0.1, 0.15) is 12.8 Å². The van der Waals surface area contributed by atoms with Crippen LogP contribution in [0.5, 0.6) is 5.75 Å². The fourth-order valence-corrected chi connectivity index (χ4v) is 3.28. The topological polar surface area (TPSA) is 87.2 Å². The van der Waals surface area contributed by atoms with Crippen molar-refractivity contribution in [2.45, 2.75) is 18.5 Å². The minimum Gasteiger partial charge on any atom is -0.497 e. The number of carbonyl (C=O) groups excluding carboxylic acids is 2. The lowest BCUT2D eigenvalue weighted by molar-refractivity contribution is -0.150. The van der Waals surface area contributed by atoms with E-state index in [9.17, 15) is 18.8 Å². The first kappa shape index (κ1) is 17.2. The van der Waals surface area contributed by atoms with Gasteiger partial charge in [-0.3, -0.25) is 9.59 Å². The molecule has 0 aliphatic carbocycles. The Kier molecular flexibility index (Phi) is 4.36. The standard InChI is InChI=1S/C17H19FN2O5/c1-25-13-4-2-12(3-5-13)20-9-11(8-14(20)21)15(22)19-7-6-17(18,10-19)16(23)24/h2-5,11H,6-10H2,1H3,(H,23,24). The minimum absolute atomic E-state index is 0.0354. The summed E-state index contributed by atoms with van der Waals surface area (Å²) in [7, 11) is 1.54. The summed E-state index contributed by atoms with van der Waals surface area (Å²) in [5, 5.41) is 8.93. The summed E-state index contributed by atoms with van der Waals surface area (Å²) < 4.78 is 19.2. The van der Waals surface area contributed by atoms with Crippen molar-refractivity contribution in [2.24, 2.45) is 5.92 Å². The van der Waals surface area contributed by atoms with Crippen LogP contribution in [-0.4, -0.2) is 60.2 Å². The molecule has 1 aromatic rings. The van der Waals surface area contributed by atoms with E-state index in [1.165, 1.54) is 9.80 Å². The molecule has 2 atom stereocenters. The summed E-state index contributed by atoms with van der Waals surface area (Å²) in [6.07, 6.45) is -0.190. The van der Waals surface area contributed by atoms with Gasteiger partial charge in [-0.25, -0.2) is 9.18 Å². The SMILES string of the molecule is COc1ccc(N2CC(C(=O)N3CCC(F)(C(=O)O)C3)CC2=O)cc1. The maximum absolute atomic E-state index is 14.1. The van der Waals surface area contributed by atoms with E-state index in [1.807, 2.05) is 0 Å². The van der Waals surface area contributed by atoms with E-state index in [0.29, 0.717) is 11.4 Å². The zero-order chi connectivity index (χ0) is 18.2. The highest BCUT2D eigenvalue weighted by atomic mass is 19.1. The van der Waals surface area contributed by atoms with Crippen LogP contribution in [0.25, 0.3) is 0 Å². The third kappa shape index (κ3) is 3.16. The Hall–Kier alpha value is -2.64. The number of anilines is 1. The van der Waals surface area contributed by atoms with Gasteiger partial charge in [0.05, 0.1) is 19.6 Å². The summed E-state index contributed by atoms with van der Waals surface area (Å²) in [5.74, 6) is -2.04. The molecule has 0 aromatic heterocycles. The predicted molar refractivity (Wildman–Crippen MR) is 86.1 cm³/mol. The van der Waals surface area contributed by atoms with E-state index in [-0.39, 0.29) is 37.7 Å². The van der Waals surface area contributed by atoms with E-state index >= 15 is 0 Å². The number of carbonyl (C=O) groups is 3. The molecule has 0 spiro atoms. The molecule has 0 radical (unpaired) electrons. The van der Waals surface area contributed by atoms with Gasteiger partial charge in [-0.05, 0) is 24.3 Å². The van der Waals surface area contributed by atoms with Crippen LogP contribution < -0.4 is 9.64 Å². The molecule has 1 N–H and O–H groups in total. The Labute approximate surface area is 144 Å². The molecule has 2 fully saturated rings. The molecule has 0 bridgehead atoms. The molecule has 8 heteroatoms. The van der Waals surface area contributed by atoms with Gasteiger partial charge in [0.1, 0.15) is 5.75 Å². The lowest BCUT2D eigenvalue weighted by atomic mass is 10.1. The second kappa shape index (κ2) is 6.34. The average molecular weight is 350 g/mol. The first-order valence-corrected chi connectivity index (χ1v) is 7.99. The van der Waals surface area contributed by atoms with Crippen molar-refractivity contribution in [3.63, 3.8) is 0 Å². The zero-order valence-corrected chi connectivity index (χ0v) is 13.8. The lowest BCUT2D eigenvalue weighted by Crippen LogP contribution is -2.41. The van der Waals surface area contributed by atoms with Crippen LogP contribution in [0.4, 0.5) is 10.1 Å². The summed E-state index contributed by atoms with van der Waals surface area (Å²) in [5.41, 5.74) is -1.73. The van der Waals surface area contributed by atoms with Gasteiger partial charge >= 0.3 is 5.97 Å². The largest absolute Gasteiger partial charge is 0.497 e. The molecule has 2 heterocycles. The fraction of sp³-hybridized carbons (Fsp3) is 0.471. The van der Waals surface area contributed by atoms with E-state index in [2.05, 4.69) is 0 Å². The molecule has 1 aromatic carbocycles. The molecule has 25 heavy (non-hydrogen) atoms. The van der Waals surface area contributed by atoms with Gasteiger partial charge in [-0.2, -0.15) is 0 Å². The summed E-state index contributed by atoms with van der Waals surface area (Å²) in [6, 6.07) is 6.91. The number of likely N-dealkylation sites (tertiary alicyclic amines) is 1. The normalized spacial score (nSPS) is 26.2. The number of ether oxygens (including phenoxy) is 1. The van der Waals surface area contributed by atoms with Gasteiger partial charge in [0.15, 0.2) is 0 Å².